The lowest BCUT2D eigenvalue weighted by atomic mass is 10.2. The van der Waals surface area contributed by atoms with Crippen molar-refractivity contribution in [3.63, 3.8) is 0 Å². The van der Waals surface area contributed by atoms with Gasteiger partial charge in [0.15, 0.2) is 5.65 Å². The first-order valence-electron chi connectivity index (χ1n) is 4.97. The summed E-state index contributed by atoms with van der Waals surface area (Å²) in [5.41, 5.74) is 0.890. The zero-order valence-corrected chi connectivity index (χ0v) is 10.9. The fraction of sp³-hybridized carbons (Fsp3) is 0.300. The van der Waals surface area contributed by atoms with E-state index in [1.54, 1.807) is 13.0 Å². The number of fused-ring (bicyclic) bond motifs is 1. The molecule has 1 N–H and O–H groups in total. The van der Waals surface area contributed by atoms with Crippen LogP contribution >= 0.6 is 15.9 Å². The molecule has 0 bridgehead atoms. The van der Waals surface area contributed by atoms with Crippen molar-refractivity contribution in [3.05, 3.63) is 26.6 Å². The van der Waals surface area contributed by atoms with Crippen LogP contribution in [0.2, 0.25) is 0 Å². The standard InChI is InChI=1S/C10H10BrN3O3/c1-3-14-8-6(4-7(11)9(14)15)5(2)12-10(13-8)17-16/h4,16H,3H2,1-2H3. The summed E-state index contributed by atoms with van der Waals surface area (Å²) in [5.74, 6) is 0. The normalized spacial score (nSPS) is 10.8. The van der Waals surface area contributed by atoms with E-state index in [1.807, 2.05) is 6.92 Å². The van der Waals surface area contributed by atoms with Crippen molar-refractivity contribution in [3.8, 4) is 6.01 Å². The fourth-order valence-electron chi connectivity index (χ4n) is 1.66. The van der Waals surface area contributed by atoms with Gasteiger partial charge < -0.3 is 0 Å². The average Bonchev–Trinajstić information content (AvgIpc) is 2.32. The summed E-state index contributed by atoms with van der Waals surface area (Å²) in [6.45, 7) is 4.06. The Morgan fingerprint density at radius 2 is 2.24 bits per heavy atom. The lowest BCUT2D eigenvalue weighted by molar-refractivity contribution is -0.145. The van der Waals surface area contributed by atoms with Gasteiger partial charge in [-0.2, -0.15) is 15.2 Å². The van der Waals surface area contributed by atoms with E-state index in [0.717, 1.165) is 5.39 Å². The van der Waals surface area contributed by atoms with Gasteiger partial charge in [0.05, 0.1) is 10.2 Å². The van der Waals surface area contributed by atoms with Gasteiger partial charge in [-0.1, -0.05) is 0 Å². The van der Waals surface area contributed by atoms with Gasteiger partial charge in [0, 0.05) is 11.9 Å². The van der Waals surface area contributed by atoms with Gasteiger partial charge in [0.1, 0.15) is 0 Å². The van der Waals surface area contributed by atoms with Gasteiger partial charge in [-0.3, -0.25) is 14.2 Å². The molecule has 0 saturated carbocycles. The predicted molar refractivity (Wildman–Crippen MR) is 65.2 cm³/mol. The summed E-state index contributed by atoms with van der Waals surface area (Å²) in [6.07, 6.45) is 0. The summed E-state index contributed by atoms with van der Waals surface area (Å²) < 4.78 is 1.94. The summed E-state index contributed by atoms with van der Waals surface area (Å²) in [4.78, 5) is 23.8. The molecule has 17 heavy (non-hydrogen) atoms. The molecule has 0 aliphatic carbocycles. The highest BCUT2D eigenvalue weighted by atomic mass is 79.9. The summed E-state index contributed by atoms with van der Waals surface area (Å²) in [7, 11) is 0. The molecule has 0 saturated heterocycles. The molecule has 2 rings (SSSR count). The molecule has 0 amide bonds. The van der Waals surface area contributed by atoms with Crippen LogP contribution in [0, 0.1) is 6.92 Å². The van der Waals surface area contributed by atoms with E-state index >= 15 is 0 Å². The highest BCUT2D eigenvalue weighted by Gasteiger charge is 2.12. The van der Waals surface area contributed by atoms with E-state index in [2.05, 4.69) is 30.8 Å². The summed E-state index contributed by atoms with van der Waals surface area (Å²) >= 11 is 3.21. The molecule has 0 aliphatic heterocycles. The maximum absolute atomic E-state index is 11.9. The Kier molecular flexibility index (Phi) is 3.12. The van der Waals surface area contributed by atoms with Crippen LogP contribution in [0.3, 0.4) is 0 Å². The largest absolute Gasteiger partial charge is 0.355 e. The third-order valence-corrected chi connectivity index (χ3v) is 3.04. The minimum absolute atomic E-state index is 0.168. The van der Waals surface area contributed by atoms with E-state index in [4.69, 9.17) is 5.26 Å². The van der Waals surface area contributed by atoms with Gasteiger partial charge in [-0.15, -0.1) is 0 Å². The van der Waals surface area contributed by atoms with Crippen LogP contribution in [0.5, 0.6) is 6.01 Å². The van der Waals surface area contributed by atoms with Gasteiger partial charge >= 0.3 is 6.01 Å². The third kappa shape index (κ3) is 1.91. The first kappa shape index (κ1) is 12.0. The molecule has 2 aromatic heterocycles. The number of aryl methyl sites for hydroxylation is 2. The molecule has 0 spiro atoms. The first-order valence-corrected chi connectivity index (χ1v) is 5.77. The predicted octanol–water partition coefficient (Wildman–Crippen LogP) is 1.73. The second kappa shape index (κ2) is 4.42. The van der Waals surface area contributed by atoms with Crippen LogP contribution < -0.4 is 10.4 Å². The Morgan fingerprint density at radius 1 is 1.53 bits per heavy atom. The zero-order chi connectivity index (χ0) is 12.6. The molecule has 0 radical (unpaired) electrons. The number of aromatic nitrogens is 3. The van der Waals surface area contributed by atoms with Gasteiger partial charge in [0.25, 0.3) is 5.56 Å². The quantitative estimate of drug-likeness (QED) is 0.675. The lowest BCUT2D eigenvalue weighted by Crippen LogP contribution is -2.21. The number of halogens is 1. The van der Waals surface area contributed by atoms with Crippen LogP contribution in [0.1, 0.15) is 12.6 Å². The van der Waals surface area contributed by atoms with Crippen LogP contribution in [0.25, 0.3) is 11.0 Å². The fourth-order valence-corrected chi connectivity index (χ4v) is 2.11. The molecular weight excluding hydrogens is 290 g/mol. The Bertz CT molecular complexity index is 639. The third-order valence-electron chi connectivity index (χ3n) is 2.47. The van der Waals surface area contributed by atoms with Gasteiger partial charge in [0.2, 0.25) is 0 Å². The van der Waals surface area contributed by atoms with Crippen LogP contribution in [0.15, 0.2) is 15.3 Å². The van der Waals surface area contributed by atoms with Crippen LogP contribution in [-0.2, 0) is 6.54 Å². The number of rotatable bonds is 2. The molecule has 0 aromatic carbocycles. The topological polar surface area (TPSA) is 77.2 Å². The number of pyridine rings is 1. The number of nitrogens with zero attached hydrogens (tertiary/aromatic N) is 3. The molecule has 0 fully saturated rings. The van der Waals surface area contributed by atoms with Gasteiger partial charge in [-0.05, 0) is 35.8 Å². The molecule has 90 valence electrons. The summed E-state index contributed by atoms with van der Waals surface area (Å²) in [5, 5.41) is 9.32. The minimum atomic E-state index is -0.179. The van der Waals surface area contributed by atoms with Crippen molar-refractivity contribution in [1.29, 1.82) is 0 Å². The molecule has 0 unspecified atom stereocenters. The van der Waals surface area contributed by atoms with E-state index in [9.17, 15) is 4.79 Å². The summed E-state index contributed by atoms with van der Waals surface area (Å²) in [6, 6.07) is 1.50. The highest BCUT2D eigenvalue weighted by molar-refractivity contribution is 9.10. The molecule has 0 atom stereocenters. The zero-order valence-electron chi connectivity index (χ0n) is 9.27. The smallest absolute Gasteiger partial charge is 0.298 e. The Morgan fingerprint density at radius 3 is 2.82 bits per heavy atom. The maximum atomic E-state index is 11.9. The van der Waals surface area contributed by atoms with E-state index in [1.165, 1.54) is 4.57 Å². The molecule has 0 aliphatic rings. The second-order valence-corrected chi connectivity index (χ2v) is 4.32. The highest BCUT2D eigenvalue weighted by Crippen LogP contribution is 2.19. The first-order chi connectivity index (χ1) is 8.08. The van der Waals surface area contributed by atoms with Crippen molar-refractivity contribution >= 4 is 27.0 Å². The Hall–Kier alpha value is -1.47. The maximum Gasteiger partial charge on any atom is 0.355 e. The molecule has 7 heteroatoms. The van der Waals surface area contributed by atoms with Crippen molar-refractivity contribution in [2.75, 3.05) is 0 Å². The second-order valence-electron chi connectivity index (χ2n) is 3.46. The monoisotopic (exact) mass is 299 g/mol. The molecule has 2 aromatic rings. The number of hydrogen-bond donors (Lipinski definition) is 1. The van der Waals surface area contributed by atoms with E-state index in [0.29, 0.717) is 22.4 Å². The average molecular weight is 300 g/mol. The van der Waals surface area contributed by atoms with E-state index in [-0.39, 0.29) is 11.6 Å². The molecule has 6 nitrogen and oxygen atoms in total. The van der Waals surface area contributed by atoms with Crippen molar-refractivity contribution < 1.29 is 10.1 Å². The number of hydrogen-bond acceptors (Lipinski definition) is 5. The van der Waals surface area contributed by atoms with Crippen molar-refractivity contribution in [2.24, 2.45) is 0 Å². The Labute approximate surface area is 105 Å². The van der Waals surface area contributed by atoms with Crippen molar-refractivity contribution in [2.45, 2.75) is 20.4 Å². The minimum Gasteiger partial charge on any atom is -0.298 e. The SMILES string of the molecule is CCn1c(=O)c(Br)cc2c(C)nc(OO)nc21. The van der Waals surface area contributed by atoms with E-state index < -0.39 is 0 Å². The van der Waals surface area contributed by atoms with Crippen molar-refractivity contribution in [1.82, 2.24) is 14.5 Å². The van der Waals surface area contributed by atoms with Gasteiger partial charge in [-0.25, -0.2) is 0 Å². The molecular formula is C10H10BrN3O3. The Balaban J connectivity index is 2.96. The lowest BCUT2D eigenvalue weighted by Gasteiger charge is -2.09. The molecule has 2 heterocycles. The van der Waals surface area contributed by atoms with Crippen LogP contribution in [-0.4, -0.2) is 19.8 Å². The van der Waals surface area contributed by atoms with Crippen LogP contribution in [0.4, 0.5) is 0 Å².